The summed E-state index contributed by atoms with van der Waals surface area (Å²) < 4.78 is 0. The maximum atomic E-state index is 13.4. The first-order chi connectivity index (χ1) is 13.2. The van der Waals surface area contributed by atoms with Gasteiger partial charge >= 0.3 is 6.03 Å². The lowest BCUT2D eigenvalue weighted by molar-refractivity contribution is -0.130. The fourth-order valence-electron chi connectivity index (χ4n) is 3.13. The van der Waals surface area contributed by atoms with E-state index in [4.69, 9.17) is 0 Å². The van der Waals surface area contributed by atoms with Gasteiger partial charge in [-0.15, -0.1) is 5.01 Å². The lowest BCUT2D eigenvalue weighted by Crippen LogP contribution is -2.44. The normalized spacial score (nSPS) is 15.9. The van der Waals surface area contributed by atoms with Gasteiger partial charge in [-0.2, -0.15) is 5.10 Å². The lowest BCUT2D eigenvalue weighted by Gasteiger charge is -2.27. The van der Waals surface area contributed by atoms with E-state index in [2.05, 4.69) is 15.4 Å². The number of nitrogens with one attached hydrogen (secondary N) is 1. The van der Waals surface area contributed by atoms with Crippen LogP contribution < -0.4 is 5.32 Å². The molecule has 3 amide bonds. The molecule has 0 aliphatic carbocycles. The Hall–Kier alpha value is -3.80. The van der Waals surface area contributed by atoms with Gasteiger partial charge in [0.2, 0.25) is 0 Å². The van der Waals surface area contributed by atoms with Gasteiger partial charge in [-0.3, -0.25) is 9.78 Å². The Morgan fingerprint density at radius 3 is 2.00 bits per heavy atom. The van der Waals surface area contributed by atoms with Gasteiger partial charge in [-0.25, -0.2) is 4.79 Å². The van der Waals surface area contributed by atoms with E-state index in [0.717, 1.165) is 5.01 Å². The summed E-state index contributed by atoms with van der Waals surface area (Å²) in [5.41, 5.74) is 0.575. The molecule has 2 aromatic carbocycles. The van der Waals surface area contributed by atoms with Crippen LogP contribution in [-0.4, -0.2) is 28.1 Å². The third kappa shape index (κ3) is 2.87. The minimum Gasteiger partial charge on any atom is -0.314 e. The first kappa shape index (κ1) is 16.7. The number of hydrogen-bond acceptors (Lipinski definition) is 4. The molecule has 0 spiro atoms. The summed E-state index contributed by atoms with van der Waals surface area (Å²) in [5, 5.41) is 7.78. The number of nitrogens with zero attached hydrogens (tertiary/aromatic N) is 3. The molecule has 1 aliphatic heterocycles. The topological polar surface area (TPSA) is 74.7 Å². The van der Waals surface area contributed by atoms with Crippen LogP contribution in [0.25, 0.3) is 0 Å². The van der Waals surface area contributed by atoms with Crippen molar-refractivity contribution in [3.05, 3.63) is 102 Å². The summed E-state index contributed by atoms with van der Waals surface area (Å²) >= 11 is 0. The average molecular weight is 356 g/mol. The summed E-state index contributed by atoms with van der Waals surface area (Å²) in [6.07, 6.45) is 3.01. The van der Waals surface area contributed by atoms with Gasteiger partial charge in [-0.1, -0.05) is 66.7 Å². The molecular formula is C21H16N4O2. The zero-order valence-electron chi connectivity index (χ0n) is 14.3. The Morgan fingerprint density at radius 2 is 1.44 bits per heavy atom. The van der Waals surface area contributed by atoms with Crippen molar-refractivity contribution in [2.75, 3.05) is 0 Å². The molecule has 1 fully saturated rings. The number of amides is 3. The van der Waals surface area contributed by atoms with Crippen molar-refractivity contribution >= 4 is 18.2 Å². The summed E-state index contributed by atoms with van der Waals surface area (Å²) in [6, 6.07) is 23.1. The molecule has 2 heterocycles. The molecule has 0 atom stereocenters. The molecule has 6 heteroatoms. The van der Waals surface area contributed by atoms with Crippen LogP contribution in [-0.2, 0) is 10.3 Å². The van der Waals surface area contributed by atoms with Crippen molar-refractivity contribution < 1.29 is 9.59 Å². The van der Waals surface area contributed by atoms with Crippen molar-refractivity contribution in [3.8, 4) is 0 Å². The fourth-order valence-corrected chi connectivity index (χ4v) is 3.13. The van der Waals surface area contributed by atoms with Gasteiger partial charge in [0.1, 0.15) is 0 Å². The quantitative estimate of drug-likeness (QED) is 0.577. The molecule has 1 aliphatic rings. The van der Waals surface area contributed by atoms with E-state index in [1.165, 1.54) is 6.21 Å². The van der Waals surface area contributed by atoms with Crippen LogP contribution in [0, 0.1) is 0 Å². The molecular weight excluding hydrogens is 340 g/mol. The predicted octanol–water partition coefficient (Wildman–Crippen LogP) is 2.91. The lowest BCUT2D eigenvalue weighted by atomic mass is 9.83. The molecule has 1 saturated heterocycles. The van der Waals surface area contributed by atoms with Crippen LogP contribution in [0.2, 0.25) is 0 Å². The maximum absolute atomic E-state index is 13.4. The van der Waals surface area contributed by atoms with Gasteiger partial charge in [0.25, 0.3) is 5.91 Å². The van der Waals surface area contributed by atoms with E-state index in [1.54, 1.807) is 24.4 Å². The Bertz CT molecular complexity index is 949. The van der Waals surface area contributed by atoms with Gasteiger partial charge < -0.3 is 5.32 Å². The molecule has 1 aromatic heterocycles. The monoisotopic (exact) mass is 356 g/mol. The zero-order valence-corrected chi connectivity index (χ0v) is 14.3. The SMILES string of the molecule is O=C1NC(c2ccccc2)(c2ccccc2)C(=O)N1/N=C\c1ccccn1. The summed E-state index contributed by atoms with van der Waals surface area (Å²) in [4.78, 5) is 30.1. The van der Waals surface area contributed by atoms with Crippen LogP contribution in [0.3, 0.4) is 0 Å². The van der Waals surface area contributed by atoms with Crippen molar-refractivity contribution in [1.82, 2.24) is 15.3 Å². The Labute approximate surface area is 156 Å². The van der Waals surface area contributed by atoms with E-state index in [9.17, 15) is 9.59 Å². The highest BCUT2D eigenvalue weighted by atomic mass is 16.2. The molecule has 0 radical (unpaired) electrons. The van der Waals surface area contributed by atoms with Crippen LogP contribution in [0.1, 0.15) is 16.8 Å². The second kappa shape index (κ2) is 6.84. The van der Waals surface area contributed by atoms with E-state index in [0.29, 0.717) is 16.8 Å². The molecule has 0 unspecified atom stereocenters. The van der Waals surface area contributed by atoms with E-state index in [1.807, 2.05) is 60.7 Å². The zero-order chi connectivity index (χ0) is 18.7. The Kier molecular flexibility index (Phi) is 4.22. The highest BCUT2D eigenvalue weighted by Gasteiger charge is 2.54. The average Bonchev–Trinajstić information content (AvgIpc) is 2.99. The molecule has 1 N–H and O–H groups in total. The second-order valence-electron chi connectivity index (χ2n) is 6.03. The third-order valence-corrected chi connectivity index (χ3v) is 4.41. The number of carbonyl (C=O) groups excluding carboxylic acids is 2. The van der Waals surface area contributed by atoms with Crippen LogP contribution in [0.4, 0.5) is 4.79 Å². The maximum Gasteiger partial charge on any atom is 0.346 e. The number of carbonyl (C=O) groups is 2. The molecule has 3 aromatic rings. The van der Waals surface area contributed by atoms with Crippen LogP contribution in [0.15, 0.2) is 90.2 Å². The molecule has 0 bridgehead atoms. The number of imide groups is 1. The van der Waals surface area contributed by atoms with Gasteiger partial charge in [0, 0.05) is 6.20 Å². The highest BCUT2D eigenvalue weighted by Crippen LogP contribution is 2.36. The molecule has 0 saturated carbocycles. The summed E-state index contributed by atoms with van der Waals surface area (Å²) in [6.45, 7) is 0. The minimum absolute atomic E-state index is 0.461. The standard InChI is InChI=1S/C21H16N4O2/c26-19-21(16-9-3-1-4-10-16,17-11-5-2-6-12-17)24-20(27)25(19)23-15-18-13-7-8-14-22-18/h1-15H,(H,24,27)/b23-15-. The summed E-state index contributed by atoms with van der Waals surface area (Å²) in [7, 11) is 0. The number of hydrazone groups is 1. The van der Waals surface area contributed by atoms with Crippen molar-refractivity contribution in [2.45, 2.75) is 5.54 Å². The number of pyridine rings is 1. The smallest absolute Gasteiger partial charge is 0.314 e. The Balaban J connectivity index is 1.78. The minimum atomic E-state index is -1.32. The van der Waals surface area contributed by atoms with Crippen molar-refractivity contribution in [1.29, 1.82) is 0 Å². The van der Waals surface area contributed by atoms with E-state index in [-0.39, 0.29) is 0 Å². The first-order valence-electron chi connectivity index (χ1n) is 8.44. The van der Waals surface area contributed by atoms with Crippen molar-refractivity contribution in [3.63, 3.8) is 0 Å². The van der Waals surface area contributed by atoms with Gasteiger partial charge in [0.05, 0.1) is 11.9 Å². The van der Waals surface area contributed by atoms with E-state index >= 15 is 0 Å². The van der Waals surface area contributed by atoms with Crippen molar-refractivity contribution in [2.24, 2.45) is 5.10 Å². The number of hydrogen-bond donors (Lipinski definition) is 1. The van der Waals surface area contributed by atoms with E-state index < -0.39 is 17.5 Å². The first-order valence-corrected chi connectivity index (χ1v) is 8.44. The predicted molar refractivity (Wildman–Crippen MR) is 101 cm³/mol. The number of aromatic nitrogens is 1. The molecule has 6 nitrogen and oxygen atoms in total. The van der Waals surface area contributed by atoms with Crippen LogP contribution >= 0.6 is 0 Å². The molecule has 27 heavy (non-hydrogen) atoms. The third-order valence-electron chi connectivity index (χ3n) is 4.41. The molecule has 132 valence electrons. The Morgan fingerprint density at radius 1 is 0.852 bits per heavy atom. The van der Waals surface area contributed by atoms with Crippen LogP contribution in [0.5, 0.6) is 0 Å². The van der Waals surface area contributed by atoms with Gasteiger partial charge in [-0.05, 0) is 23.3 Å². The largest absolute Gasteiger partial charge is 0.346 e. The molecule has 4 rings (SSSR count). The second-order valence-corrected chi connectivity index (χ2v) is 6.03. The number of benzene rings is 2. The van der Waals surface area contributed by atoms with Gasteiger partial charge in [0.15, 0.2) is 5.54 Å². The number of rotatable bonds is 4. The highest BCUT2D eigenvalue weighted by molar-refractivity contribution is 6.09. The summed E-state index contributed by atoms with van der Waals surface area (Å²) in [5.74, 6) is -0.461. The fraction of sp³-hybridized carbons (Fsp3) is 0.0476. The number of urea groups is 1.